The number of hydrogen-bond acceptors (Lipinski definition) is 5. The third-order valence-electron chi connectivity index (χ3n) is 5.78. The number of rotatable bonds is 5. The number of piperazine rings is 1. The molecule has 0 N–H and O–H groups in total. The molecule has 0 bridgehead atoms. The Morgan fingerprint density at radius 2 is 1.76 bits per heavy atom. The lowest BCUT2D eigenvalue weighted by Crippen LogP contribution is -2.50. The summed E-state index contributed by atoms with van der Waals surface area (Å²) >= 11 is 1.26. The highest BCUT2D eigenvalue weighted by molar-refractivity contribution is 8.15. The van der Waals surface area contributed by atoms with E-state index in [1.54, 1.807) is 18.2 Å². The number of halogens is 1. The van der Waals surface area contributed by atoms with Crippen LogP contribution in [0.25, 0.3) is 6.08 Å². The lowest BCUT2D eigenvalue weighted by molar-refractivity contribution is -0.132. The van der Waals surface area contributed by atoms with Gasteiger partial charge in [-0.2, -0.15) is 0 Å². The van der Waals surface area contributed by atoms with Crippen molar-refractivity contribution in [2.75, 3.05) is 37.6 Å². The van der Waals surface area contributed by atoms with E-state index in [9.17, 15) is 14.0 Å². The number of anilines is 1. The first-order chi connectivity index (χ1) is 16.0. The Balaban J connectivity index is 1.57. The molecule has 0 aliphatic carbocycles. The molecule has 1 atom stereocenters. The molecule has 2 aromatic carbocycles. The molecular weight excluding hydrogens is 439 g/mol. The van der Waals surface area contributed by atoms with Gasteiger partial charge < -0.3 is 9.80 Å². The molecule has 0 spiro atoms. The van der Waals surface area contributed by atoms with Gasteiger partial charge in [0, 0.05) is 26.2 Å². The number of thioether (sulfide) groups is 1. The van der Waals surface area contributed by atoms with Crippen LogP contribution in [0.4, 0.5) is 10.1 Å². The maximum atomic E-state index is 13.5. The summed E-state index contributed by atoms with van der Waals surface area (Å²) in [5, 5.41) is 0.00517. The van der Waals surface area contributed by atoms with E-state index in [0.29, 0.717) is 23.9 Å². The van der Waals surface area contributed by atoms with Crippen LogP contribution < -0.4 is 4.90 Å². The summed E-state index contributed by atoms with van der Waals surface area (Å²) in [6, 6.07) is 15.2. The van der Waals surface area contributed by atoms with Gasteiger partial charge in [-0.05, 0) is 49.4 Å². The molecular formula is C25H27FN4O2S. The number of aliphatic imine (C=N–C) groups is 1. The number of hydrogen-bond donors (Lipinski definition) is 0. The molecule has 1 unspecified atom stereocenters. The minimum Gasteiger partial charge on any atom is -0.339 e. The van der Waals surface area contributed by atoms with E-state index >= 15 is 0 Å². The first-order valence-corrected chi connectivity index (χ1v) is 12.0. The number of amides is 2. The van der Waals surface area contributed by atoms with Crippen molar-refractivity contribution in [3.63, 3.8) is 0 Å². The molecule has 8 heteroatoms. The summed E-state index contributed by atoms with van der Waals surface area (Å²) in [7, 11) is 0. The van der Waals surface area contributed by atoms with Crippen molar-refractivity contribution >= 4 is 40.5 Å². The van der Waals surface area contributed by atoms with Crippen LogP contribution >= 0.6 is 11.8 Å². The van der Waals surface area contributed by atoms with Crippen molar-refractivity contribution in [2.45, 2.75) is 19.1 Å². The Morgan fingerprint density at radius 1 is 1.09 bits per heavy atom. The second kappa shape index (κ2) is 10.3. The molecule has 0 aromatic heterocycles. The van der Waals surface area contributed by atoms with Gasteiger partial charge in [0.15, 0.2) is 5.17 Å². The van der Waals surface area contributed by atoms with Crippen LogP contribution in [0.1, 0.15) is 19.4 Å². The average molecular weight is 467 g/mol. The minimum atomic E-state index is -0.413. The number of benzene rings is 2. The van der Waals surface area contributed by atoms with Gasteiger partial charge in [-0.1, -0.05) is 49.0 Å². The second-order valence-electron chi connectivity index (χ2n) is 7.97. The maximum Gasteiger partial charge on any atom is 0.283 e. The number of carbonyl (C=O) groups excluding carboxylic acids is 2. The lowest BCUT2D eigenvalue weighted by atomic mass is 10.2. The number of nitrogens with zero attached hydrogens (tertiary/aromatic N) is 4. The van der Waals surface area contributed by atoms with Gasteiger partial charge in [0.2, 0.25) is 5.91 Å². The van der Waals surface area contributed by atoms with Gasteiger partial charge in [-0.15, -0.1) is 0 Å². The van der Waals surface area contributed by atoms with Gasteiger partial charge in [0.1, 0.15) is 11.5 Å². The molecule has 0 radical (unpaired) electrons. The molecule has 33 heavy (non-hydrogen) atoms. The summed E-state index contributed by atoms with van der Waals surface area (Å²) in [5.74, 6) is -0.652. The molecule has 2 aliphatic rings. The van der Waals surface area contributed by atoms with Crippen LogP contribution in [0.5, 0.6) is 0 Å². The summed E-state index contributed by atoms with van der Waals surface area (Å²) < 4.78 is 13.5. The van der Waals surface area contributed by atoms with Crippen LogP contribution in [0, 0.1) is 5.82 Å². The molecule has 1 fully saturated rings. The maximum absolute atomic E-state index is 13.5. The topological polar surface area (TPSA) is 56.2 Å². The average Bonchev–Trinajstić information content (AvgIpc) is 3.14. The van der Waals surface area contributed by atoms with E-state index in [-0.39, 0.29) is 23.3 Å². The molecule has 172 valence electrons. The van der Waals surface area contributed by atoms with Crippen molar-refractivity contribution < 1.29 is 14.0 Å². The Kier molecular flexibility index (Phi) is 7.25. The zero-order valence-corrected chi connectivity index (χ0v) is 19.6. The first kappa shape index (κ1) is 23.2. The van der Waals surface area contributed by atoms with E-state index in [0.717, 1.165) is 25.2 Å². The van der Waals surface area contributed by atoms with Gasteiger partial charge >= 0.3 is 0 Å². The van der Waals surface area contributed by atoms with Gasteiger partial charge in [0.25, 0.3) is 5.91 Å². The SMILES string of the molecule is CCN1CCN(C(=O)C(C)SC2=NC(=Cc3ccccc3)C(=O)N2c2ccc(F)cc2)CC1. The Morgan fingerprint density at radius 3 is 2.39 bits per heavy atom. The third-order valence-corrected chi connectivity index (χ3v) is 6.82. The van der Waals surface area contributed by atoms with Crippen molar-refractivity contribution in [1.29, 1.82) is 0 Å². The number of carbonyl (C=O) groups is 2. The number of amidine groups is 1. The standard InChI is InChI=1S/C25H27FN4O2S/c1-3-28-13-15-29(16-14-28)23(31)18(2)33-25-27-22(17-19-7-5-4-6-8-19)24(32)30(25)21-11-9-20(26)10-12-21/h4-12,17-18H,3,13-16H2,1-2H3. The largest absolute Gasteiger partial charge is 0.339 e. The first-order valence-electron chi connectivity index (χ1n) is 11.1. The van der Waals surface area contributed by atoms with Gasteiger partial charge in [-0.3, -0.25) is 14.5 Å². The summed E-state index contributed by atoms with van der Waals surface area (Å²) in [6.45, 7) is 8.07. The van der Waals surface area contributed by atoms with Gasteiger partial charge in [-0.25, -0.2) is 9.38 Å². The highest BCUT2D eigenvalue weighted by atomic mass is 32.2. The molecule has 1 saturated heterocycles. The number of likely N-dealkylation sites (N-methyl/N-ethyl adjacent to an activating group) is 1. The van der Waals surface area contributed by atoms with E-state index in [2.05, 4.69) is 16.8 Å². The summed E-state index contributed by atoms with van der Waals surface area (Å²) in [5.41, 5.74) is 1.65. The van der Waals surface area contributed by atoms with E-state index in [1.165, 1.54) is 28.8 Å². The molecule has 2 heterocycles. The minimum absolute atomic E-state index is 0.0328. The molecule has 2 aliphatic heterocycles. The van der Waals surface area contributed by atoms with Crippen LogP contribution in [-0.4, -0.2) is 64.8 Å². The molecule has 2 amide bonds. The van der Waals surface area contributed by atoms with Crippen molar-refractivity contribution in [3.05, 3.63) is 71.7 Å². The van der Waals surface area contributed by atoms with Crippen LogP contribution in [0.3, 0.4) is 0 Å². The fourth-order valence-corrected chi connectivity index (χ4v) is 4.86. The highest BCUT2D eigenvalue weighted by Gasteiger charge is 2.35. The second-order valence-corrected chi connectivity index (χ2v) is 9.28. The van der Waals surface area contributed by atoms with Crippen LogP contribution in [0.15, 0.2) is 65.3 Å². The highest BCUT2D eigenvalue weighted by Crippen LogP contribution is 2.31. The Hall–Kier alpha value is -2.97. The molecule has 0 saturated carbocycles. The van der Waals surface area contributed by atoms with Crippen LogP contribution in [0.2, 0.25) is 0 Å². The summed E-state index contributed by atoms with van der Waals surface area (Å²) in [4.78, 5) is 36.6. The molecule has 6 nitrogen and oxygen atoms in total. The fourth-order valence-electron chi connectivity index (χ4n) is 3.85. The van der Waals surface area contributed by atoms with Gasteiger partial charge in [0.05, 0.1) is 10.9 Å². The predicted octanol–water partition coefficient (Wildman–Crippen LogP) is 3.86. The zero-order valence-electron chi connectivity index (χ0n) is 18.8. The van der Waals surface area contributed by atoms with Crippen LogP contribution in [-0.2, 0) is 9.59 Å². The van der Waals surface area contributed by atoms with Crippen molar-refractivity contribution in [3.8, 4) is 0 Å². The zero-order chi connectivity index (χ0) is 23.4. The van der Waals surface area contributed by atoms with Crippen molar-refractivity contribution in [1.82, 2.24) is 9.80 Å². The normalized spacial score (nSPS) is 19.2. The summed E-state index contributed by atoms with van der Waals surface area (Å²) in [6.07, 6.45) is 1.73. The van der Waals surface area contributed by atoms with E-state index < -0.39 is 5.25 Å². The molecule has 2 aromatic rings. The van der Waals surface area contributed by atoms with Crippen molar-refractivity contribution in [2.24, 2.45) is 4.99 Å². The lowest BCUT2D eigenvalue weighted by Gasteiger charge is -2.35. The Labute approximate surface area is 197 Å². The van der Waals surface area contributed by atoms with E-state index in [4.69, 9.17) is 0 Å². The monoisotopic (exact) mass is 466 g/mol. The predicted molar refractivity (Wildman–Crippen MR) is 131 cm³/mol. The Bertz CT molecular complexity index is 1060. The fraction of sp³-hybridized carbons (Fsp3) is 0.320. The third kappa shape index (κ3) is 5.34. The van der Waals surface area contributed by atoms with E-state index in [1.807, 2.05) is 42.2 Å². The quantitative estimate of drug-likeness (QED) is 0.628. The smallest absolute Gasteiger partial charge is 0.283 e. The molecule has 4 rings (SSSR count).